The summed E-state index contributed by atoms with van der Waals surface area (Å²) >= 11 is 6.14. The number of piperazine rings is 1. The summed E-state index contributed by atoms with van der Waals surface area (Å²) in [6.07, 6.45) is -1.63. The minimum Gasteiger partial charge on any atom is -0.504 e. The second kappa shape index (κ2) is 14.7. The fourth-order valence-corrected chi connectivity index (χ4v) is 6.40. The number of hydrogen-bond acceptors (Lipinski definition) is 11. The third-order valence-corrected chi connectivity index (χ3v) is 9.16. The van der Waals surface area contributed by atoms with E-state index in [1.807, 2.05) is 11.8 Å². The number of rotatable bonds is 8. The molecule has 0 atom stereocenters. The molecular weight excluding hydrogens is 719 g/mol. The van der Waals surface area contributed by atoms with Gasteiger partial charge in [-0.2, -0.15) is 13.2 Å². The number of ether oxygens (including phenoxy) is 1. The molecule has 0 aliphatic carbocycles. The van der Waals surface area contributed by atoms with Crippen molar-refractivity contribution in [3.8, 4) is 22.9 Å². The van der Waals surface area contributed by atoms with Crippen LogP contribution in [0.15, 0.2) is 47.7 Å². The first kappa shape index (κ1) is 36.9. The highest BCUT2D eigenvalue weighted by molar-refractivity contribution is 6.33. The Hall–Kier alpha value is -5.84. The van der Waals surface area contributed by atoms with Gasteiger partial charge in [-0.1, -0.05) is 18.5 Å². The molecule has 0 radical (unpaired) electrons. The number of benzene rings is 1. The molecule has 1 saturated heterocycles. The average Bonchev–Trinajstić information content (AvgIpc) is 3.13. The molecule has 5 heterocycles. The molecule has 5 aromatic rings. The maximum Gasteiger partial charge on any atom is 0.416 e. The third-order valence-electron chi connectivity index (χ3n) is 8.85. The second-order valence-electron chi connectivity index (χ2n) is 12.2. The summed E-state index contributed by atoms with van der Waals surface area (Å²) in [4.78, 5) is 66.3. The SMILES string of the molecule is CCc1c(N2CCN(C(=O)c3ncnc(C)c3O)CC2)c(=O)c2nc(-c3ccnc(OC)c3)c(C)nc2n1CC(=O)Nc1ccc(C(F)(F)F)cc1Cl. The molecule has 0 spiro atoms. The first-order valence-electron chi connectivity index (χ1n) is 16.4. The van der Waals surface area contributed by atoms with Crippen LogP contribution in [-0.4, -0.2) is 84.6 Å². The van der Waals surface area contributed by atoms with E-state index < -0.39 is 35.5 Å². The molecule has 1 aliphatic rings. The van der Waals surface area contributed by atoms with Gasteiger partial charge in [0, 0.05) is 49.7 Å². The average molecular weight is 752 g/mol. The summed E-state index contributed by atoms with van der Waals surface area (Å²) < 4.78 is 46.6. The molecule has 18 heteroatoms. The highest BCUT2D eigenvalue weighted by Gasteiger charge is 2.32. The van der Waals surface area contributed by atoms with Crippen LogP contribution >= 0.6 is 11.6 Å². The minimum absolute atomic E-state index is 0.0322. The maximum absolute atomic E-state index is 14.5. The lowest BCUT2D eigenvalue weighted by molar-refractivity contribution is -0.137. The highest BCUT2D eigenvalue weighted by atomic mass is 35.5. The number of aromatic hydroxyl groups is 1. The topological polar surface area (TPSA) is 169 Å². The van der Waals surface area contributed by atoms with Crippen molar-refractivity contribution in [1.82, 2.24) is 34.4 Å². The Bertz CT molecular complexity index is 2310. The zero-order chi connectivity index (χ0) is 38.2. The van der Waals surface area contributed by atoms with Crippen LogP contribution in [0.5, 0.6) is 11.6 Å². The predicted octanol–water partition coefficient (Wildman–Crippen LogP) is 4.81. The molecule has 0 unspecified atom stereocenters. The van der Waals surface area contributed by atoms with Gasteiger partial charge in [-0.05, 0) is 44.5 Å². The van der Waals surface area contributed by atoms with Crippen molar-refractivity contribution < 1.29 is 32.6 Å². The van der Waals surface area contributed by atoms with E-state index in [0.29, 0.717) is 28.5 Å². The van der Waals surface area contributed by atoms with Crippen molar-refractivity contribution in [2.24, 2.45) is 0 Å². The van der Waals surface area contributed by atoms with Crippen molar-refractivity contribution in [2.45, 2.75) is 39.9 Å². The van der Waals surface area contributed by atoms with Gasteiger partial charge in [0.15, 0.2) is 22.6 Å². The van der Waals surface area contributed by atoms with Gasteiger partial charge in [0.2, 0.25) is 17.2 Å². The monoisotopic (exact) mass is 751 g/mol. The molecule has 4 aromatic heterocycles. The number of nitrogens with one attached hydrogen (secondary N) is 1. The number of amides is 2. The van der Waals surface area contributed by atoms with Crippen LogP contribution in [0.25, 0.3) is 22.4 Å². The molecule has 276 valence electrons. The van der Waals surface area contributed by atoms with Crippen molar-refractivity contribution in [3.63, 3.8) is 0 Å². The Morgan fingerprint density at radius 3 is 2.42 bits per heavy atom. The van der Waals surface area contributed by atoms with Crippen molar-refractivity contribution in [3.05, 3.63) is 86.4 Å². The summed E-state index contributed by atoms with van der Waals surface area (Å²) in [5.74, 6) is -1.12. The van der Waals surface area contributed by atoms with Gasteiger partial charge < -0.3 is 29.5 Å². The number of methoxy groups -OCH3 is 1. The molecule has 6 rings (SSSR count). The fourth-order valence-electron chi connectivity index (χ4n) is 6.18. The maximum atomic E-state index is 14.5. The van der Waals surface area contributed by atoms with Crippen LogP contribution in [-0.2, 0) is 23.9 Å². The van der Waals surface area contributed by atoms with Crippen LogP contribution < -0.4 is 20.4 Å². The van der Waals surface area contributed by atoms with Crippen LogP contribution in [0.2, 0.25) is 5.02 Å². The summed E-state index contributed by atoms with van der Waals surface area (Å²) in [5.41, 5.74) is 0.886. The van der Waals surface area contributed by atoms with E-state index >= 15 is 0 Å². The minimum atomic E-state index is -4.63. The Balaban J connectivity index is 1.42. The van der Waals surface area contributed by atoms with Gasteiger partial charge in [-0.25, -0.2) is 24.9 Å². The molecule has 1 fully saturated rings. The lowest BCUT2D eigenvalue weighted by atomic mass is 10.1. The normalized spacial score (nSPS) is 13.4. The zero-order valence-corrected chi connectivity index (χ0v) is 29.7. The van der Waals surface area contributed by atoms with Crippen molar-refractivity contribution in [1.29, 1.82) is 0 Å². The van der Waals surface area contributed by atoms with E-state index in [9.17, 15) is 32.7 Å². The largest absolute Gasteiger partial charge is 0.504 e. The first-order valence-corrected chi connectivity index (χ1v) is 16.7. The number of aryl methyl sites for hydroxylation is 2. The standard InChI is InChI=1S/C35H33ClF3N9O5/c1-5-24-30(46-10-12-47(13-11-46)34(52)29-31(50)19(3)41-17-42-29)32(51)28-33(43-18(2)27(45-28)20-8-9-40-26(14-20)53-4)48(24)16-25(49)44-23-7-6-21(15-22(23)36)35(37,38)39/h6-9,14-15,17,50H,5,10-13,16H2,1-4H3,(H,44,49). The summed E-state index contributed by atoms with van der Waals surface area (Å²) in [6, 6.07) is 5.95. The van der Waals surface area contributed by atoms with Gasteiger partial charge in [0.25, 0.3) is 5.91 Å². The van der Waals surface area contributed by atoms with E-state index in [-0.39, 0.29) is 77.3 Å². The number of alkyl halides is 3. The van der Waals surface area contributed by atoms with Crippen LogP contribution in [0.3, 0.4) is 0 Å². The molecule has 2 amide bonds. The first-order chi connectivity index (χ1) is 25.2. The van der Waals surface area contributed by atoms with E-state index in [4.69, 9.17) is 26.3 Å². The number of halogens is 4. The van der Waals surface area contributed by atoms with Gasteiger partial charge in [-0.15, -0.1) is 0 Å². The van der Waals surface area contributed by atoms with Crippen molar-refractivity contribution >= 4 is 46.0 Å². The van der Waals surface area contributed by atoms with E-state index in [0.717, 1.165) is 18.2 Å². The molecular formula is C35H33ClF3N9O5. The predicted molar refractivity (Wildman–Crippen MR) is 189 cm³/mol. The number of hydrogen-bond donors (Lipinski definition) is 2. The van der Waals surface area contributed by atoms with Crippen molar-refractivity contribution in [2.75, 3.05) is 43.5 Å². The number of fused-ring (bicyclic) bond motifs is 1. The second-order valence-corrected chi connectivity index (χ2v) is 12.6. The van der Waals surface area contributed by atoms with Gasteiger partial charge in [-0.3, -0.25) is 14.4 Å². The van der Waals surface area contributed by atoms with E-state index in [2.05, 4.69) is 20.3 Å². The molecule has 53 heavy (non-hydrogen) atoms. The Morgan fingerprint density at radius 2 is 1.75 bits per heavy atom. The quantitative estimate of drug-likeness (QED) is 0.223. The Kier molecular flexibility index (Phi) is 10.2. The van der Waals surface area contributed by atoms with Gasteiger partial charge in [0.1, 0.15) is 18.6 Å². The van der Waals surface area contributed by atoms with E-state index in [1.54, 1.807) is 30.5 Å². The summed E-state index contributed by atoms with van der Waals surface area (Å²) in [7, 11) is 1.47. The van der Waals surface area contributed by atoms with Crippen LogP contribution in [0.4, 0.5) is 24.5 Å². The van der Waals surface area contributed by atoms with Crippen LogP contribution in [0, 0.1) is 13.8 Å². The fraction of sp³-hybridized carbons (Fsp3) is 0.314. The van der Waals surface area contributed by atoms with E-state index in [1.165, 1.54) is 24.5 Å². The van der Waals surface area contributed by atoms with Gasteiger partial charge >= 0.3 is 6.18 Å². The number of aromatic nitrogens is 6. The van der Waals surface area contributed by atoms with Crippen LogP contribution in [0.1, 0.15) is 40.1 Å². The smallest absolute Gasteiger partial charge is 0.416 e. The highest BCUT2D eigenvalue weighted by Crippen LogP contribution is 2.34. The molecule has 2 N–H and O–H groups in total. The molecule has 14 nitrogen and oxygen atoms in total. The Morgan fingerprint density at radius 1 is 1.02 bits per heavy atom. The summed E-state index contributed by atoms with van der Waals surface area (Å²) in [6.45, 7) is 5.46. The number of carbonyl (C=O) groups is 2. The number of pyridine rings is 2. The number of nitrogens with zero attached hydrogens (tertiary/aromatic N) is 8. The molecule has 0 saturated carbocycles. The molecule has 0 bridgehead atoms. The number of anilines is 2. The lowest BCUT2D eigenvalue weighted by Crippen LogP contribution is -2.50. The number of carbonyl (C=O) groups excluding carboxylic acids is 2. The molecule has 1 aliphatic heterocycles. The molecule has 1 aromatic carbocycles. The van der Waals surface area contributed by atoms with Gasteiger partial charge in [0.05, 0.1) is 40.5 Å². The summed E-state index contributed by atoms with van der Waals surface area (Å²) in [5, 5.41) is 12.7. The zero-order valence-electron chi connectivity index (χ0n) is 29.0. The lowest BCUT2D eigenvalue weighted by Gasteiger charge is -2.37. The Labute approximate surface area is 305 Å². The third kappa shape index (κ3) is 7.28.